The molecule has 2 aliphatic heterocycles. The molecule has 3 aromatic rings. The molecule has 2 aliphatic rings. The number of hydrogen-bond acceptors (Lipinski definition) is 6. The van der Waals surface area contributed by atoms with Crippen molar-refractivity contribution in [2.75, 3.05) is 25.9 Å². The van der Waals surface area contributed by atoms with E-state index in [1.54, 1.807) is 20.3 Å². The molecule has 0 amide bonds. The number of methoxy groups -OCH3 is 2. The highest BCUT2D eigenvalue weighted by atomic mass is 16.5. The predicted molar refractivity (Wildman–Crippen MR) is 122 cm³/mol. The molecule has 0 aliphatic carbocycles. The number of carbonyl (C=O) groups is 1. The maximum Gasteiger partial charge on any atom is 0.231 e. The van der Waals surface area contributed by atoms with Gasteiger partial charge in [0.15, 0.2) is 12.5 Å². The van der Waals surface area contributed by atoms with Crippen LogP contribution in [0.2, 0.25) is 0 Å². The van der Waals surface area contributed by atoms with Crippen molar-refractivity contribution in [3.05, 3.63) is 82.6 Å². The van der Waals surface area contributed by atoms with Crippen LogP contribution in [0.1, 0.15) is 27.0 Å². The van der Waals surface area contributed by atoms with Crippen LogP contribution in [-0.4, -0.2) is 26.7 Å². The molecule has 0 radical (unpaired) electrons. The van der Waals surface area contributed by atoms with Crippen LogP contribution in [0.4, 0.5) is 5.69 Å². The van der Waals surface area contributed by atoms with E-state index in [2.05, 4.69) is 4.90 Å². The fraction of sp³-hybridized carbons (Fsp3) is 0.192. The van der Waals surface area contributed by atoms with Crippen LogP contribution in [-0.2, 0) is 6.54 Å². The molecule has 0 atom stereocenters. The maximum absolute atomic E-state index is 13.1. The van der Waals surface area contributed by atoms with Crippen molar-refractivity contribution in [3.63, 3.8) is 0 Å². The minimum atomic E-state index is -0.122. The Morgan fingerprint density at radius 2 is 1.59 bits per heavy atom. The average molecular weight is 429 g/mol. The molecule has 0 saturated carbocycles. The van der Waals surface area contributed by atoms with Crippen LogP contribution in [0.25, 0.3) is 6.08 Å². The molecule has 0 spiro atoms. The first-order valence-corrected chi connectivity index (χ1v) is 10.3. The van der Waals surface area contributed by atoms with Gasteiger partial charge >= 0.3 is 0 Å². The van der Waals surface area contributed by atoms with E-state index in [0.717, 1.165) is 39.6 Å². The van der Waals surface area contributed by atoms with Gasteiger partial charge in [0, 0.05) is 23.4 Å². The van der Waals surface area contributed by atoms with Crippen molar-refractivity contribution in [3.8, 4) is 23.0 Å². The Labute approximate surface area is 186 Å². The molecule has 32 heavy (non-hydrogen) atoms. The molecule has 0 unspecified atom stereocenters. The number of hydrogen-bond donors (Lipinski definition) is 0. The number of carbonyl (C=O) groups excluding carboxylic acids is 1. The molecule has 5 rings (SSSR count). The molecule has 3 aromatic carbocycles. The lowest BCUT2D eigenvalue weighted by molar-refractivity contribution is 0.101. The monoisotopic (exact) mass is 429 g/mol. The topological polar surface area (TPSA) is 57.2 Å². The van der Waals surface area contributed by atoms with Gasteiger partial charge in [-0.25, -0.2) is 0 Å². The smallest absolute Gasteiger partial charge is 0.231 e. The lowest BCUT2D eigenvalue weighted by atomic mass is 10.00. The van der Waals surface area contributed by atoms with Crippen LogP contribution < -0.4 is 23.8 Å². The first-order chi connectivity index (χ1) is 15.6. The summed E-state index contributed by atoms with van der Waals surface area (Å²) in [5.74, 6) is 3.11. The summed E-state index contributed by atoms with van der Waals surface area (Å²) in [5, 5.41) is 0. The summed E-state index contributed by atoms with van der Waals surface area (Å²) in [6, 6.07) is 17.2. The molecule has 0 fully saturated rings. The van der Waals surface area contributed by atoms with E-state index in [4.69, 9.17) is 18.9 Å². The number of allylic oxidation sites excluding steroid dienone is 1. The number of Topliss-reactive ketones (excluding diaryl/α,β-unsaturated/α-hetero) is 1. The Bertz CT molecular complexity index is 1210. The number of benzene rings is 3. The Hall–Kier alpha value is -3.93. The highest BCUT2D eigenvalue weighted by Gasteiger charge is 2.33. The second-order valence-corrected chi connectivity index (χ2v) is 7.75. The van der Waals surface area contributed by atoms with Crippen molar-refractivity contribution in [1.29, 1.82) is 0 Å². The Morgan fingerprint density at radius 3 is 2.25 bits per heavy atom. The minimum Gasteiger partial charge on any atom is -0.497 e. The molecule has 6 nitrogen and oxygen atoms in total. The zero-order chi connectivity index (χ0) is 22.2. The highest BCUT2D eigenvalue weighted by molar-refractivity contribution is 6.15. The molecule has 162 valence electrons. The second-order valence-electron chi connectivity index (χ2n) is 7.75. The highest BCUT2D eigenvalue weighted by Crippen LogP contribution is 2.43. The number of ketones is 1. The normalized spacial score (nSPS) is 15.7. The number of ether oxygens (including phenoxy) is 4. The van der Waals surface area contributed by atoms with Crippen LogP contribution in [0.3, 0.4) is 0 Å². The third-order valence-corrected chi connectivity index (χ3v) is 5.79. The van der Waals surface area contributed by atoms with E-state index in [1.165, 1.54) is 0 Å². The first kappa shape index (κ1) is 20.0. The van der Waals surface area contributed by atoms with Crippen LogP contribution in [0, 0.1) is 6.92 Å². The SMILES string of the molecule is COc1ccc(/C=C2\Oc3c(cc4c(c3C)OCN(c3ccc(OC)cc3)C4)C2=O)cc1. The van der Waals surface area contributed by atoms with Crippen LogP contribution >= 0.6 is 0 Å². The first-order valence-electron chi connectivity index (χ1n) is 10.3. The van der Waals surface area contributed by atoms with Gasteiger partial charge in [-0.2, -0.15) is 0 Å². The van der Waals surface area contributed by atoms with E-state index in [9.17, 15) is 4.79 Å². The molecule has 0 aromatic heterocycles. The van der Waals surface area contributed by atoms with Crippen LogP contribution in [0.15, 0.2) is 60.4 Å². The fourth-order valence-corrected chi connectivity index (χ4v) is 4.06. The third kappa shape index (κ3) is 3.43. The van der Waals surface area contributed by atoms with E-state index in [-0.39, 0.29) is 5.78 Å². The predicted octanol–water partition coefficient (Wildman–Crippen LogP) is 4.98. The van der Waals surface area contributed by atoms with Crippen LogP contribution in [0.5, 0.6) is 23.0 Å². The quantitative estimate of drug-likeness (QED) is 0.545. The lowest BCUT2D eigenvalue weighted by Crippen LogP contribution is -2.32. The average Bonchev–Trinajstić information content (AvgIpc) is 3.15. The Balaban J connectivity index is 1.43. The Morgan fingerprint density at radius 1 is 0.938 bits per heavy atom. The molecule has 0 bridgehead atoms. The van der Waals surface area contributed by atoms with Gasteiger partial charge in [0.1, 0.15) is 23.0 Å². The second kappa shape index (κ2) is 7.96. The van der Waals surface area contributed by atoms with Gasteiger partial charge in [0.25, 0.3) is 0 Å². The summed E-state index contributed by atoms with van der Waals surface area (Å²) in [4.78, 5) is 15.2. The summed E-state index contributed by atoms with van der Waals surface area (Å²) >= 11 is 0. The number of nitrogens with zero attached hydrogens (tertiary/aromatic N) is 1. The van der Waals surface area contributed by atoms with E-state index in [0.29, 0.717) is 30.3 Å². The Kier molecular flexibility index (Phi) is 4.98. The standard InChI is InChI=1S/C26H23NO5/c1-16-25-18(14-27(15-31-25)19-6-10-21(30-3)11-7-19)13-22-24(28)23(32-26(16)22)12-17-4-8-20(29-2)9-5-17/h4-13H,14-15H2,1-3H3/b23-12-. The molecular formula is C26H23NO5. The molecule has 2 heterocycles. The van der Waals surface area contributed by atoms with Crippen molar-refractivity contribution in [2.24, 2.45) is 0 Å². The van der Waals surface area contributed by atoms with Gasteiger partial charge < -0.3 is 23.8 Å². The molecular weight excluding hydrogens is 406 g/mol. The number of anilines is 1. The van der Waals surface area contributed by atoms with Crippen molar-refractivity contribution < 1.29 is 23.7 Å². The van der Waals surface area contributed by atoms with Gasteiger partial charge in [0.05, 0.1) is 19.8 Å². The molecule has 0 N–H and O–H groups in total. The van der Waals surface area contributed by atoms with Gasteiger partial charge in [-0.15, -0.1) is 0 Å². The van der Waals surface area contributed by atoms with Crippen molar-refractivity contribution in [2.45, 2.75) is 13.5 Å². The zero-order valence-corrected chi connectivity index (χ0v) is 18.2. The third-order valence-electron chi connectivity index (χ3n) is 5.79. The van der Waals surface area contributed by atoms with E-state index in [1.807, 2.05) is 61.5 Å². The largest absolute Gasteiger partial charge is 0.497 e. The fourth-order valence-electron chi connectivity index (χ4n) is 4.06. The van der Waals surface area contributed by atoms with E-state index >= 15 is 0 Å². The lowest BCUT2D eigenvalue weighted by Gasteiger charge is -2.32. The van der Waals surface area contributed by atoms with Gasteiger partial charge in [-0.1, -0.05) is 12.1 Å². The van der Waals surface area contributed by atoms with Crippen molar-refractivity contribution in [1.82, 2.24) is 0 Å². The summed E-state index contributed by atoms with van der Waals surface area (Å²) in [6.45, 7) is 2.99. The number of rotatable bonds is 4. The summed E-state index contributed by atoms with van der Waals surface area (Å²) in [6.07, 6.45) is 1.75. The van der Waals surface area contributed by atoms with Gasteiger partial charge in [0.2, 0.25) is 5.78 Å². The molecule has 6 heteroatoms. The van der Waals surface area contributed by atoms with Crippen molar-refractivity contribution >= 4 is 17.5 Å². The molecule has 0 saturated heterocycles. The van der Waals surface area contributed by atoms with Gasteiger partial charge in [-0.3, -0.25) is 4.79 Å². The minimum absolute atomic E-state index is 0.122. The number of fused-ring (bicyclic) bond motifs is 2. The van der Waals surface area contributed by atoms with E-state index < -0.39 is 0 Å². The summed E-state index contributed by atoms with van der Waals surface area (Å²) < 4.78 is 22.5. The van der Waals surface area contributed by atoms with Gasteiger partial charge in [-0.05, 0) is 61.0 Å². The zero-order valence-electron chi connectivity index (χ0n) is 18.2. The summed E-state index contributed by atoms with van der Waals surface area (Å²) in [7, 11) is 3.27. The maximum atomic E-state index is 13.1. The summed E-state index contributed by atoms with van der Waals surface area (Å²) in [5.41, 5.74) is 4.27.